The number of aryl methyl sites for hydroxylation is 1. The van der Waals surface area contributed by atoms with Crippen molar-refractivity contribution in [3.8, 4) is 0 Å². The minimum Gasteiger partial charge on any atom is -0.274 e. The summed E-state index contributed by atoms with van der Waals surface area (Å²) in [7, 11) is 0. The first kappa shape index (κ1) is 13.9. The largest absolute Gasteiger partial charge is 0.282 e. The molecular weight excluding hydrogens is 304 g/mol. The van der Waals surface area contributed by atoms with E-state index in [2.05, 4.69) is 4.99 Å². The van der Waals surface area contributed by atoms with E-state index in [0.29, 0.717) is 5.71 Å². The van der Waals surface area contributed by atoms with Crippen LogP contribution in [0.3, 0.4) is 0 Å². The maximum Gasteiger partial charge on any atom is 0.282 e. The highest BCUT2D eigenvalue weighted by Crippen LogP contribution is 2.37. The van der Waals surface area contributed by atoms with Crippen molar-refractivity contribution in [3.63, 3.8) is 0 Å². The molecular formula is C19H14N2OS. The second-order valence-corrected chi connectivity index (χ2v) is 6.22. The molecule has 4 rings (SSSR count). The van der Waals surface area contributed by atoms with Crippen LogP contribution in [0, 0.1) is 6.92 Å². The molecule has 2 heterocycles. The topological polar surface area (TPSA) is 32.7 Å². The summed E-state index contributed by atoms with van der Waals surface area (Å²) in [5.41, 5.74) is 5.12. The van der Waals surface area contributed by atoms with Gasteiger partial charge in [0, 0.05) is 10.9 Å². The van der Waals surface area contributed by atoms with Crippen LogP contribution in [0.4, 0.5) is 17.1 Å². The Hall–Kier alpha value is -2.72. The van der Waals surface area contributed by atoms with Crippen molar-refractivity contribution in [3.05, 3.63) is 76.5 Å². The zero-order valence-corrected chi connectivity index (χ0v) is 13.4. The molecule has 1 aliphatic heterocycles. The minimum absolute atomic E-state index is 0.0785. The first-order valence-electron chi connectivity index (χ1n) is 7.35. The van der Waals surface area contributed by atoms with Gasteiger partial charge < -0.3 is 0 Å². The molecule has 0 saturated heterocycles. The fraction of sp³-hybridized carbons (Fsp3) is 0.0526. The quantitative estimate of drug-likeness (QED) is 0.664. The van der Waals surface area contributed by atoms with Crippen LogP contribution in [0.25, 0.3) is 0 Å². The molecule has 112 valence electrons. The SMILES string of the molecule is Cc1ccc(/N=C2\C(=O)N(c3ccsc3)c3ccccc32)cc1. The van der Waals surface area contributed by atoms with Gasteiger partial charge in [-0.3, -0.25) is 9.69 Å². The summed E-state index contributed by atoms with van der Waals surface area (Å²) in [6.07, 6.45) is 0. The summed E-state index contributed by atoms with van der Waals surface area (Å²) < 4.78 is 0. The number of carbonyl (C=O) groups excluding carboxylic acids is 1. The van der Waals surface area contributed by atoms with Gasteiger partial charge >= 0.3 is 0 Å². The fourth-order valence-electron chi connectivity index (χ4n) is 2.70. The predicted molar refractivity (Wildman–Crippen MR) is 95.3 cm³/mol. The maximum atomic E-state index is 12.9. The lowest BCUT2D eigenvalue weighted by Gasteiger charge is -2.14. The van der Waals surface area contributed by atoms with Crippen LogP contribution >= 0.6 is 11.3 Å². The first-order chi connectivity index (χ1) is 11.2. The van der Waals surface area contributed by atoms with Gasteiger partial charge in [-0.25, -0.2) is 4.99 Å². The van der Waals surface area contributed by atoms with Gasteiger partial charge in [0.1, 0.15) is 5.71 Å². The smallest absolute Gasteiger partial charge is 0.274 e. The lowest BCUT2D eigenvalue weighted by atomic mass is 10.1. The van der Waals surface area contributed by atoms with Gasteiger partial charge in [-0.05, 0) is 36.6 Å². The molecule has 3 nitrogen and oxygen atoms in total. The van der Waals surface area contributed by atoms with Crippen LogP contribution in [0.15, 0.2) is 70.3 Å². The zero-order valence-electron chi connectivity index (χ0n) is 12.6. The molecule has 1 aliphatic rings. The highest BCUT2D eigenvalue weighted by Gasteiger charge is 2.34. The van der Waals surface area contributed by atoms with Crippen molar-refractivity contribution < 1.29 is 4.79 Å². The number of hydrogen-bond donors (Lipinski definition) is 0. The van der Waals surface area contributed by atoms with Gasteiger partial charge in [-0.15, -0.1) is 0 Å². The molecule has 0 bridgehead atoms. The van der Waals surface area contributed by atoms with Crippen molar-refractivity contribution in [2.45, 2.75) is 6.92 Å². The third kappa shape index (κ3) is 2.37. The Balaban J connectivity index is 1.85. The Morgan fingerprint density at radius 3 is 2.52 bits per heavy atom. The number of anilines is 2. The maximum absolute atomic E-state index is 12.9. The highest BCUT2D eigenvalue weighted by molar-refractivity contribution is 7.08. The number of amides is 1. The van der Waals surface area contributed by atoms with Gasteiger partial charge in [0.05, 0.1) is 17.1 Å². The lowest BCUT2D eigenvalue weighted by molar-refractivity contribution is -0.111. The summed E-state index contributed by atoms with van der Waals surface area (Å²) in [5, 5.41) is 3.95. The molecule has 0 atom stereocenters. The van der Waals surface area contributed by atoms with Gasteiger partial charge in [0.15, 0.2) is 0 Å². The summed E-state index contributed by atoms with van der Waals surface area (Å²) in [5.74, 6) is -0.0785. The number of nitrogens with zero attached hydrogens (tertiary/aromatic N) is 2. The number of hydrogen-bond acceptors (Lipinski definition) is 3. The molecule has 1 amide bonds. The van der Waals surface area contributed by atoms with Gasteiger partial charge in [-0.2, -0.15) is 11.3 Å². The second kappa shape index (κ2) is 5.48. The molecule has 2 aromatic carbocycles. The normalized spacial score (nSPS) is 15.3. The lowest BCUT2D eigenvalue weighted by Crippen LogP contribution is -2.24. The van der Waals surface area contributed by atoms with Crippen LogP contribution in [0.1, 0.15) is 11.1 Å². The van der Waals surface area contributed by atoms with Gasteiger partial charge in [0.25, 0.3) is 5.91 Å². The molecule has 3 aromatic rings. The fourth-order valence-corrected chi connectivity index (χ4v) is 3.32. The van der Waals surface area contributed by atoms with Crippen LogP contribution < -0.4 is 4.90 Å². The van der Waals surface area contributed by atoms with E-state index in [1.165, 1.54) is 5.56 Å². The molecule has 23 heavy (non-hydrogen) atoms. The van der Waals surface area contributed by atoms with Crippen LogP contribution in [-0.4, -0.2) is 11.6 Å². The molecule has 4 heteroatoms. The highest BCUT2D eigenvalue weighted by atomic mass is 32.1. The van der Waals surface area contributed by atoms with Crippen LogP contribution in [-0.2, 0) is 4.79 Å². The van der Waals surface area contributed by atoms with E-state index in [4.69, 9.17) is 0 Å². The Labute approximate surface area is 138 Å². The first-order valence-corrected chi connectivity index (χ1v) is 8.30. The minimum atomic E-state index is -0.0785. The van der Waals surface area contributed by atoms with Crippen molar-refractivity contribution in [2.75, 3.05) is 4.90 Å². The van der Waals surface area contributed by atoms with E-state index in [1.807, 2.05) is 72.3 Å². The van der Waals surface area contributed by atoms with E-state index in [-0.39, 0.29) is 5.91 Å². The number of aliphatic imine (C=N–C) groups is 1. The molecule has 0 fully saturated rings. The summed E-state index contributed by atoms with van der Waals surface area (Å²) in [6, 6.07) is 17.6. The van der Waals surface area contributed by atoms with Crippen molar-refractivity contribution in [1.29, 1.82) is 0 Å². The van der Waals surface area contributed by atoms with Gasteiger partial charge in [-0.1, -0.05) is 35.9 Å². The van der Waals surface area contributed by atoms with E-state index in [1.54, 1.807) is 16.2 Å². The standard InChI is InChI=1S/C19H14N2OS/c1-13-6-8-14(9-7-13)20-18-16-4-2-3-5-17(16)21(19(18)22)15-10-11-23-12-15/h2-12H,1H3/b20-18-. The molecule has 0 unspecified atom stereocenters. The zero-order chi connectivity index (χ0) is 15.8. The molecule has 0 spiro atoms. The summed E-state index contributed by atoms with van der Waals surface area (Å²) >= 11 is 1.58. The Morgan fingerprint density at radius 2 is 1.78 bits per heavy atom. The Bertz CT molecular complexity index is 895. The van der Waals surface area contributed by atoms with E-state index in [9.17, 15) is 4.79 Å². The summed E-state index contributed by atoms with van der Waals surface area (Å²) in [6.45, 7) is 2.03. The number of para-hydroxylation sites is 1. The van der Waals surface area contributed by atoms with E-state index >= 15 is 0 Å². The molecule has 0 aliphatic carbocycles. The number of fused-ring (bicyclic) bond motifs is 1. The number of benzene rings is 2. The molecule has 1 aromatic heterocycles. The van der Waals surface area contributed by atoms with E-state index in [0.717, 1.165) is 22.6 Å². The number of thiophene rings is 1. The third-order valence-electron chi connectivity index (χ3n) is 3.84. The predicted octanol–water partition coefficient (Wildman–Crippen LogP) is 4.86. The third-order valence-corrected chi connectivity index (χ3v) is 4.52. The molecule has 0 N–H and O–H groups in total. The van der Waals surface area contributed by atoms with Crippen LogP contribution in [0.2, 0.25) is 0 Å². The van der Waals surface area contributed by atoms with Gasteiger partial charge in [0.2, 0.25) is 0 Å². The average molecular weight is 318 g/mol. The molecule has 0 saturated carbocycles. The van der Waals surface area contributed by atoms with Crippen molar-refractivity contribution in [2.24, 2.45) is 4.99 Å². The van der Waals surface area contributed by atoms with Crippen molar-refractivity contribution in [1.82, 2.24) is 0 Å². The Morgan fingerprint density at radius 1 is 1.00 bits per heavy atom. The number of rotatable bonds is 2. The Kier molecular flexibility index (Phi) is 3.32. The average Bonchev–Trinajstić information content (AvgIpc) is 3.17. The summed E-state index contributed by atoms with van der Waals surface area (Å²) in [4.78, 5) is 19.3. The van der Waals surface area contributed by atoms with Crippen LogP contribution in [0.5, 0.6) is 0 Å². The van der Waals surface area contributed by atoms with Crippen molar-refractivity contribution >= 4 is 40.0 Å². The number of carbonyl (C=O) groups is 1. The van der Waals surface area contributed by atoms with E-state index < -0.39 is 0 Å². The molecule has 0 radical (unpaired) electrons. The second-order valence-electron chi connectivity index (χ2n) is 5.44. The monoisotopic (exact) mass is 318 g/mol.